The van der Waals surface area contributed by atoms with E-state index in [1.165, 1.54) is 13.1 Å². The summed E-state index contributed by atoms with van der Waals surface area (Å²) in [5, 5.41) is 7.59. The van der Waals surface area contributed by atoms with Gasteiger partial charge in [-0.15, -0.1) is 0 Å². The van der Waals surface area contributed by atoms with Gasteiger partial charge in [0.1, 0.15) is 17.3 Å². The van der Waals surface area contributed by atoms with Crippen molar-refractivity contribution in [1.29, 1.82) is 0 Å². The molecule has 7 heteroatoms. The number of tetrazole rings is 1. The van der Waals surface area contributed by atoms with Crippen LogP contribution in [0.25, 0.3) is 5.69 Å². The molecule has 1 aromatic carbocycles. The predicted octanol–water partition coefficient (Wildman–Crippen LogP) is 2.33. The summed E-state index contributed by atoms with van der Waals surface area (Å²) in [6.45, 7) is 5.75. The van der Waals surface area contributed by atoms with Crippen LogP contribution in [0.2, 0.25) is 0 Å². The Morgan fingerprint density at radius 3 is 2.43 bits per heavy atom. The average molecular weight is 320 g/mol. The normalized spacial score (nSPS) is 15.5. The van der Waals surface area contributed by atoms with Gasteiger partial charge in [0.2, 0.25) is 0 Å². The van der Waals surface area contributed by atoms with E-state index in [-0.39, 0.29) is 11.9 Å². The summed E-state index contributed by atoms with van der Waals surface area (Å²) in [5.41, 5.74) is 0.141. The van der Waals surface area contributed by atoms with E-state index in [4.69, 9.17) is 4.74 Å². The molecular weight excluding hydrogens is 299 g/mol. The molecule has 0 aliphatic heterocycles. The summed E-state index contributed by atoms with van der Waals surface area (Å²) in [4.78, 5) is 12.2. The number of ether oxygens (including phenoxy) is 1. The molecule has 3 rings (SSSR count). The standard InChI is InChI=1S/C16H21FN4O2/c1-16(2,3)11-8-13(21-15(22)20(4)18-19-21)14(9-12(11)17)23-10-6-5-7-10/h8-10H,5-7H2,1-4H3. The lowest BCUT2D eigenvalue weighted by Gasteiger charge is -2.28. The maximum absolute atomic E-state index is 14.5. The van der Waals surface area contributed by atoms with E-state index < -0.39 is 11.1 Å². The van der Waals surface area contributed by atoms with Crippen LogP contribution in [0.5, 0.6) is 5.75 Å². The van der Waals surface area contributed by atoms with Crippen LogP contribution in [0.4, 0.5) is 4.39 Å². The van der Waals surface area contributed by atoms with Crippen LogP contribution in [-0.2, 0) is 12.5 Å². The van der Waals surface area contributed by atoms with Crippen molar-refractivity contribution >= 4 is 0 Å². The van der Waals surface area contributed by atoms with Crippen LogP contribution >= 0.6 is 0 Å². The average Bonchev–Trinajstić information content (AvgIpc) is 2.73. The van der Waals surface area contributed by atoms with Gasteiger partial charge >= 0.3 is 5.69 Å². The summed E-state index contributed by atoms with van der Waals surface area (Å²) >= 11 is 0. The maximum Gasteiger partial charge on any atom is 0.368 e. The molecule has 6 nitrogen and oxygen atoms in total. The topological polar surface area (TPSA) is 61.9 Å². The second-order valence-electron chi connectivity index (χ2n) is 7.02. The molecule has 1 fully saturated rings. The van der Waals surface area contributed by atoms with E-state index in [0.29, 0.717) is 17.0 Å². The molecule has 124 valence electrons. The first-order valence-electron chi connectivity index (χ1n) is 7.77. The minimum Gasteiger partial charge on any atom is -0.488 e. The molecular formula is C16H21FN4O2. The molecule has 2 aromatic rings. The molecule has 1 aliphatic rings. The van der Waals surface area contributed by atoms with Gasteiger partial charge in [0.25, 0.3) is 0 Å². The smallest absolute Gasteiger partial charge is 0.368 e. The predicted molar refractivity (Wildman–Crippen MR) is 83.5 cm³/mol. The highest BCUT2D eigenvalue weighted by atomic mass is 19.1. The zero-order valence-corrected chi connectivity index (χ0v) is 13.8. The fraction of sp³-hybridized carbons (Fsp3) is 0.562. The molecule has 23 heavy (non-hydrogen) atoms. The number of hydrogen-bond donors (Lipinski definition) is 0. The second kappa shape index (κ2) is 5.47. The van der Waals surface area contributed by atoms with Crippen molar-refractivity contribution < 1.29 is 9.13 Å². The van der Waals surface area contributed by atoms with Gasteiger partial charge < -0.3 is 4.74 Å². The van der Waals surface area contributed by atoms with Crippen molar-refractivity contribution in [2.45, 2.75) is 51.6 Å². The zero-order chi connectivity index (χ0) is 16.8. The quantitative estimate of drug-likeness (QED) is 0.871. The van der Waals surface area contributed by atoms with Crippen LogP contribution < -0.4 is 10.4 Å². The molecule has 1 aliphatic carbocycles. The van der Waals surface area contributed by atoms with E-state index in [2.05, 4.69) is 10.4 Å². The molecule has 0 amide bonds. The summed E-state index contributed by atoms with van der Waals surface area (Å²) in [7, 11) is 1.52. The van der Waals surface area contributed by atoms with Gasteiger partial charge in [-0.05, 0) is 46.7 Å². The molecule has 0 radical (unpaired) electrons. The van der Waals surface area contributed by atoms with E-state index >= 15 is 0 Å². The molecule has 1 aromatic heterocycles. The van der Waals surface area contributed by atoms with Crippen LogP contribution in [0, 0.1) is 5.82 Å². The van der Waals surface area contributed by atoms with Gasteiger partial charge in [0.05, 0.1) is 6.10 Å². The molecule has 0 spiro atoms. The first-order chi connectivity index (χ1) is 10.8. The van der Waals surface area contributed by atoms with E-state index in [1.54, 1.807) is 6.07 Å². The lowest BCUT2D eigenvalue weighted by Crippen LogP contribution is -2.27. The molecule has 1 saturated carbocycles. The number of benzene rings is 1. The Morgan fingerprint density at radius 1 is 1.26 bits per heavy atom. The van der Waals surface area contributed by atoms with Crippen LogP contribution in [0.1, 0.15) is 45.6 Å². The number of hydrogen-bond acceptors (Lipinski definition) is 4. The fourth-order valence-electron chi connectivity index (χ4n) is 2.51. The van der Waals surface area contributed by atoms with Gasteiger partial charge in [0, 0.05) is 13.1 Å². The SMILES string of the molecule is Cn1nnn(-c2cc(C(C)(C)C)c(F)cc2OC2CCC2)c1=O. The van der Waals surface area contributed by atoms with Crippen molar-refractivity contribution in [3.63, 3.8) is 0 Å². The summed E-state index contributed by atoms with van der Waals surface area (Å²) in [6.07, 6.45) is 3.06. The van der Waals surface area contributed by atoms with Gasteiger partial charge in [-0.3, -0.25) is 0 Å². The lowest BCUT2D eigenvalue weighted by atomic mass is 9.86. The first-order valence-corrected chi connectivity index (χ1v) is 7.77. The van der Waals surface area contributed by atoms with Gasteiger partial charge in [0.15, 0.2) is 0 Å². The Labute approximate surface area is 133 Å². The minimum atomic E-state index is -0.403. The second-order valence-corrected chi connectivity index (χ2v) is 7.02. The van der Waals surface area contributed by atoms with Crippen molar-refractivity contribution in [1.82, 2.24) is 19.8 Å². The number of aromatic nitrogens is 4. The first kappa shape index (κ1) is 15.7. The van der Waals surface area contributed by atoms with Gasteiger partial charge in [-0.25, -0.2) is 9.18 Å². The molecule has 0 bridgehead atoms. The zero-order valence-electron chi connectivity index (χ0n) is 13.8. The highest BCUT2D eigenvalue weighted by molar-refractivity contribution is 5.50. The van der Waals surface area contributed by atoms with Crippen molar-refractivity contribution in [2.24, 2.45) is 7.05 Å². The number of aryl methyl sites for hydroxylation is 1. The van der Waals surface area contributed by atoms with Crippen LogP contribution in [0.15, 0.2) is 16.9 Å². The van der Waals surface area contributed by atoms with E-state index in [0.717, 1.165) is 28.6 Å². The maximum atomic E-state index is 14.5. The summed E-state index contributed by atoms with van der Waals surface area (Å²) in [5.74, 6) is -0.00434. The number of nitrogens with zero attached hydrogens (tertiary/aromatic N) is 4. The summed E-state index contributed by atoms with van der Waals surface area (Å²) in [6, 6.07) is 2.99. The highest BCUT2D eigenvalue weighted by Gasteiger charge is 2.26. The Balaban J connectivity index is 2.16. The molecule has 0 saturated heterocycles. The minimum absolute atomic E-state index is 0.0704. The van der Waals surface area contributed by atoms with Crippen LogP contribution in [-0.4, -0.2) is 25.9 Å². The molecule has 1 heterocycles. The lowest BCUT2D eigenvalue weighted by molar-refractivity contribution is 0.119. The van der Waals surface area contributed by atoms with Crippen molar-refractivity contribution in [3.05, 3.63) is 34.0 Å². The third-order valence-corrected chi connectivity index (χ3v) is 4.15. The molecule has 0 N–H and O–H groups in total. The highest BCUT2D eigenvalue weighted by Crippen LogP contribution is 2.34. The van der Waals surface area contributed by atoms with Gasteiger partial charge in [-0.1, -0.05) is 20.8 Å². The molecule has 0 unspecified atom stereocenters. The van der Waals surface area contributed by atoms with Gasteiger partial charge in [-0.2, -0.15) is 9.36 Å². The largest absolute Gasteiger partial charge is 0.488 e. The third-order valence-electron chi connectivity index (χ3n) is 4.15. The third kappa shape index (κ3) is 2.87. The number of rotatable bonds is 3. The van der Waals surface area contributed by atoms with Crippen molar-refractivity contribution in [2.75, 3.05) is 0 Å². The Bertz CT molecular complexity index is 784. The Kier molecular flexibility index (Phi) is 3.74. The van der Waals surface area contributed by atoms with Crippen LogP contribution in [0.3, 0.4) is 0 Å². The monoisotopic (exact) mass is 320 g/mol. The fourth-order valence-corrected chi connectivity index (χ4v) is 2.51. The summed E-state index contributed by atoms with van der Waals surface area (Å²) < 4.78 is 22.7. The van der Waals surface area contributed by atoms with Crippen molar-refractivity contribution in [3.8, 4) is 11.4 Å². The van der Waals surface area contributed by atoms with E-state index in [1.807, 2.05) is 20.8 Å². The Morgan fingerprint density at radius 2 is 1.96 bits per heavy atom. The Hall–Kier alpha value is -2.18. The number of halogens is 1. The van der Waals surface area contributed by atoms with E-state index in [9.17, 15) is 9.18 Å². The molecule has 0 atom stereocenters.